The smallest absolute Gasteiger partial charge is 0.0954 e. The summed E-state index contributed by atoms with van der Waals surface area (Å²) in [4.78, 5) is 0. The molecule has 1 unspecified atom stereocenters. The van der Waals surface area contributed by atoms with Crippen LogP contribution in [0.5, 0.6) is 0 Å². The molecule has 3 nitrogen and oxygen atoms in total. The van der Waals surface area contributed by atoms with E-state index in [1.165, 1.54) is 5.56 Å². The van der Waals surface area contributed by atoms with Crippen molar-refractivity contribution >= 4 is 0 Å². The molecule has 0 saturated heterocycles. The number of aromatic nitrogens is 2. The third-order valence-electron chi connectivity index (χ3n) is 4.56. The lowest BCUT2D eigenvalue weighted by atomic mass is 9.84. The van der Waals surface area contributed by atoms with Crippen LogP contribution in [0.25, 0.3) is 0 Å². The van der Waals surface area contributed by atoms with Gasteiger partial charge in [-0.3, -0.25) is 4.68 Å². The van der Waals surface area contributed by atoms with Crippen LogP contribution >= 0.6 is 0 Å². The molecule has 3 rings (SSSR count). The minimum atomic E-state index is -0.757. The van der Waals surface area contributed by atoms with Crippen LogP contribution in [0.3, 0.4) is 0 Å². The third kappa shape index (κ3) is 2.75. The molecule has 21 heavy (non-hydrogen) atoms. The molecule has 0 spiro atoms. The molecular weight excluding hydrogens is 260 g/mol. The number of rotatable bonds is 3. The summed E-state index contributed by atoms with van der Waals surface area (Å²) < 4.78 is 2.01. The van der Waals surface area contributed by atoms with Crippen LogP contribution in [0, 0.1) is 6.92 Å². The average Bonchev–Trinajstić information content (AvgIpc) is 2.74. The lowest BCUT2D eigenvalue weighted by Gasteiger charge is -2.29. The van der Waals surface area contributed by atoms with Crippen molar-refractivity contribution in [1.29, 1.82) is 0 Å². The normalized spacial score (nSPS) is 21.9. The Kier molecular flexibility index (Phi) is 3.85. The zero-order valence-electron chi connectivity index (χ0n) is 13.0. The van der Waals surface area contributed by atoms with Crippen molar-refractivity contribution in [1.82, 2.24) is 9.78 Å². The van der Waals surface area contributed by atoms with Crippen molar-refractivity contribution in [2.24, 2.45) is 0 Å². The molecule has 0 saturated carbocycles. The van der Waals surface area contributed by atoms with E-state index < -0.39 is 5.60 Å². The van der Waals surface area contributed by atoms with Gasteiger partial charge in [0.25, 0.3) is 0 Å². The van der Waals surface area contributed by atoms with Gasteiger partial charge in [-0.1, -0.05) is 24.3 Å². The molecule has 1 aromatic carbocycles. The minimum Gasteiger partial charge on any atom is -0.385 e. The summed E-state index contributed by atoms with van der Waals surface area (Å²) in [5.41, 5.74) is 3.82. The van der Waals surface area contributed by atoms with Crippen molar-refractivity contribution < 1.29 is 5.11 Å². The largest absolute Gasteiger partial charge is 0.385 e. The lowest BCUT2D eigenvalue weighted by Crippen LogP contribution is -2.30. The van der Waals surface area contributed by atoms with Gasteiger partial charge in [-0.25, -0.2) is 0 Å². The van der Waals surface area contributed by atoms with Gasteiger partial charge in [-0.15, -0.1) is 0 Å². The first-order valence-electron chi connectivity index (χ1n) is 7.96. The molecule has 1 aromatic heterocycles. The average molecular weight is 284 g/mol. The van der Waals surface area contributed by atoms with Gasteiger partial charge in [0.2, 0.25) is 0 Å². The Morgan fingerprint density at radius 3 is 2.90 bits per heavy atom. The Morgan fingerprint density at radius 1 is 1.29 bits per heavy atom. The second-order valence-corrected chi connectivity index (χ2v) is 6.17. The maximum atomic E-state index is 11.3. The first-order valence-corrected chi connectivity index (χ1v) is 7.96. The van der Waals surface area contributed by atoms with Crippen LogP contribution in [-0.2, 0) is 25.0 Å². The third-order valence-corrected chi connectivity index (χ3v) is 4.56. The van der Waals surface area contributed by atoms with E-state index in [1.807, 2.05) is 17.7 Å². The number of hydrogen-bond donors (Lipinski definition) is 1. The van der Waals surface area contributed by atoms with Gasteiger partial charge >= 0.3 is 0 Å². The zero-order valence-corrected chi connectivity index (χ0v) is 13.0. The fourth-order valence-electron chi connectivity index (χ4n) is 3.56. The summed E-state index contributed by atoms with van der Waals surface area (Å²) >= 11 is 0. The molecule has 0 bridgehead atoms. The molecule has 0 amide bonds. The standard InChI is InChI=1S/C18H24N2O/c1-3-20-16(12-14(2)19-20)13-18(21)11-7-6-9-15-8-4-5-10-17(15)18/h4-5,8,10,12,21H,3,6-7,9,11,13H2,1-2H3. The molecule has 1 atom stereocenters. The van der Waals surface area contributed by atoms with Gasteiger partial charge in [0.1, 0.15) is 0 Å². The molecule has 1 aliphatic carbocycles. The molecule has 1 N–H and O–H groups in total. The Balaban J connectivity index is 1.99. The van der Waals surface area contributed by atoms with E-state index in [4.69, 9.17) is 0 Å². The van der Waals surface area contributed by atoms with Crippen molar-refractivity contribution in [3.8, 4) is 0 Å². The van der Waals surface area contributed by atoms with Crippen LogP contribution < -0.4 is 0 Å². The predicted octanol–water partition coefficient (Wildman–Crippen LogP) is 3.37. The molecule has 0 radical (unpaired) electrons. The molecular formula is C18H24N2O. The summed E-state index contributed by atoms with van der Waals surface area (Å²) in [6, 6.07) is 10.5. The van der Waals surface area contributed by atoms with Gasteiger partial charge in [-0.2, -0.15) is 5.10 Å². The zero-order chi connectivity index (χ0) is 14.9. The predicted molar refractivity (Wildman–Crippen MR) is 84.2 cm³/mol. The van der Waals surface area contributed by atoms with Crippen LogP contribution in [0.2, 0.25) is 0 Å². The topological polar surface area (TPSA) is 38.0 Å². The molecule has 2 aromatic rings. The summed E-state index contributed by atoms with van der Waals surface area (Å²) in [5, 5.41) is 15.9. The number of benzene rings is 1. The Labute approximate surface area is 126 Å². The quantitative estimate of drug-likeness (QED) is 0.878. The van der Waals surface area contributed by atoms with Crippen molar-refractivity contribution in [3.63, 3.8) is 0 Å². The summed E-state index contributed by atoms with van der Waals surface area (Å²) in [6.07, 6.45) is 4.79. The second kappa shape index (κ2) is 5.64. The van der Waals surface area contributed by atoms with E-state index in [0.717, 1.165) is 49.2 Å². The number of fused-ring (bicyclic) bond motifs is 1. The van der Waals surface area contributed by atoms with E-state index in [2.05, 4.69) is 36.3 Å². The van der Waals surface area contributed by atoms with Gasteiger partial charge in [0.05, 0.1) is 11.3 Å². The van der Waals surface area contributed by atoms with Crippen LogP contribution in [0.15, 0.2) is 30.3 Å². The Morgan fingerprint density at radius 2 is 2.10 bits per heavy atom. The number of aliphatic hydroxyl groups is 1. The lowest BCUT2D eigenvalue weighted by molar-refractivity contribution is 0.0252. The molecule has 1 heterocycles. The highest BCUT2D eigenvalue weighted by Crippen LogP contribution is 2.36. The second-order valence-electron chi connectivity index (χ2n) is 6.17. The van der Waals surface area contributed by atoms with Gasteiger partial charge in [0.15, 0.2) is 0 Å². The maximum absolute atomic E-state index is 11.3. The summed E-state index contributed by atoms with van der Waals surface area (Å²) in [6.45, 7) is 4.96. The summed E-state index contributed by atoms with van der Waals surface area (Å²) in [5.74, 6) is 0. The fourth-order valence-corrected chi connectivity index (χ4v) is 3.56. The van der Waals surface area contributed by atoms with E-state index in [9.17, 15) is 5.11 Å². The monoisotopic (exact) mass is 284 g/mol. The van der Waals surface area contributed by atoms with Crippen molar-refractivity contribution in [3.05, 3.63) is 52.8 Å². The minimum absolute atomic E-state index is 0.651. The molecule has 1 aliphatic rings. The molecule has 0 aliphatic heterocycles. The Bertz CT molecular complexity index is 632. The maximum Gasteiger partial charge on any atom is 0.0954 e. The van der Waals surface area contributed by atoms with Crippen LogP contribution in [0.4, 0.5) is 0 Å². The van der Waals surface area contributed by atoms with Crippen molar-refractivity contribution in [2.75, 3.05) is 0 Å². The van der Waals surface area contributed by atoms with Crippen molar-refractivity contribution in [2.45, 2.75) is 58.1 Å². The van der Waals surface area contributed by atoms with E-state index in [1.54, 1.807) is 0 Å². The van der Waals surface area contributed by atoms with Gasteiger partial charge < -0.3 is 5.11 Å². The Hall–Kier alpha value is -1.61. The van der Waals surface area contributed by atoms with Crippen LogP contribution in [-0.4, -0.2) is 14.9 Å². The highest BCUT2D eigenvalue weighted by Gasteiger charge is 2.34. The molecule has 3 heteroatoms. The summed E-state index contributed by atoms with van der Waals surface area (Å²) in [7, 11) is 0. The molecule has 112 valence electrons. The van der Waals surface area contributed by atoms with Gasteiger partial charge in [-0.05, 0) is 56.7 Å². The number of nitrogens with zero attached hydrogens (tertiary/aromatic N) is 2. The first kappa shape index (κ1) is 14.3. The number of hydrogen-bond acceptors (Lipinski definition) is 2. The first-order chi connectivity index (χ1) is 10.1. The molecule has 0 fully saturated rings. The van der Waals surface area contributed by atoms with E-state index in [-0.39, 0.29) is 0 Å². The SMILES string of the molecule is CCn1nc(C)cc1CC1(O)CCCCc2ccccc21. The fraction of sp³-hybridized carbons (Fsp3) is 0.500. The highest BCUT2D eigenvalue weighted by atomic mass is 16.3. The van der Waals surface area contributed by atoms with E-state index in [0.29, 0.717) is 6.42 Å². The van der Waals surface area contributed by atoms with Crippen LogP contribution in [0.1, 0.15) is 48.7 Å². The van der Waals surface area contributed by atoms with Gasteiger partial charge in [0, 0.05) is 18.7 Å². The highest BCUT2D eigenvalue weighted by molar-refractivity contribution is 5.35. The number of aryl methyl sites for hydroxylation is 3. The van der Waals surface area contributed by atoms with E-state index >= 15 is 0 Å².